The van der Waals surface area contributed by atoms with E-state index in [2.05, 4.69) is 5.32 Å². The van der Waals surface area contributed by atoms with Crippen LogP contribution in [0.2, 0.25) is 15.1 Å². The van der Waals surface area contributed by atoms with E-state index in [4.69, 9.17) is 34.8 Å². The Hall–Kier alpha value is 0.290. The van der Waals surface area contributed by atoms with Crippen LogP contribution in [0, 0.1) is 0 Å². The number of benzene rings is 1. The highest BCUT2D eigenvalue weighted by Gasteiger charge is 2.09. The molecule has 0 saturated carbocycles. The van der Waals surface area contributed by atoms with Crippen molar-refractivity contribution in [1.29, 1.82) is 0 Å². The van der Waals surface area contributed by atoms with Gasteiger partial charge in [0.2, 0.25) is 5.91 Å². The molecule has 0 heterocycles. The van der Waals surface area contributed by atoms with Gasteiger partial charge >= 0.3 is 0 Å². The average molecular weight is 364 g/mol. The summed E-state index contributed by atoms with van der Waals surface area (Å²) in [6.07, 6.45) is 0. The fraction of sp³-hybridized carbons (Fsp3) is 0.125. The normalized spacial score (nSPS) is 10.0. The van der Waals surface area contributed by atoms with Crippen molar-refractivity contribution in [3.63, 3.8) is 0 Å². The van der Waals surface area contributed by atoms with Crippen LogP contribution in [0.25, 0.3) is 0 Å². The summed E-state index contributed by atoms with van der Waals surface area (Å²) in [5.74, 6) is -0.156. The van der Waals surface area contributed by atoms with Gasteiger partial charge in [-0.15, -0.1) is 0 Å². The summed E-state index contributed by atoms with van der Waals surface area (Å²) < 4.78 is 0.340. The monoisotopic (exact) mass is 363 g/mol. The predicted molar refractivity (Wildman–Crippen MR) is 69.0 cm³/mol. The van der Waals surface area contributed by atoms with Crippen LogP contribution in [0.3, 0.4) is 0 Å². The summed E-state index contributed by atoms with van der Waals surface area (Å²) in [5, 5.41) is 3.69. The first-order chi connectivity index (χ1) is 6.54. The molecule has 0 radical (unpaired) electrons. The Morgan fingerprint density at radius 1 is 1.29 bits per heavy atom. The molecule has 0 fully saturated rings. The van der Waals surface area contributed by atoms with Crippen molar-refractivity contribution < 1.29 is 4.79 Å². The molecule has 6 heteroatoms. The quantitative estimate of drug-likeness (QED) is 0.623. The Kier molecular flexibility index (Phi) is 4.76. The van der Waals surface area contributed by atoms with Crippen molar-refractivity contribution in [1.82, 2.24) is 0 Å². The van der Waals surface area contributed by atoms with Gasteiger partial charge in [0.1, 0.15) is 0 Å². The van der Waals surface area contributed by atoms with E-state index in [1.165, 1.54) is 12.1 Å². The van der Waals surface area contributed by atoms with Gasteiger partial charge in [-0.2, -0.15) is 0 Å². The average Bonchev–Trinajstić information content (AvgIpc) is 2.10. The van der Waals surface area contributed by atoms with E-state index in [0.29, 0.717) is 25.2 Å². The van der Waals surface area contributed by atoms with E-state index in [9.17, 15) is 4.79 Å². The number of carbonyl (C=O) groups is 1. The molecule has 1 aromatic rings. The lowest BCUT2D eigenvalue weighted by molar-refractivity contribution is -0.113. The number of carbonyl (C=O) groups excluding carboxylic acids is 1. The molecule has 0 bridgehead atoms. The van der Waals surface area contributed by atoms with Crippen molar-refractivity contribution in [2.24, 2.45) is 0 Å². The van der Waals surface area contributed by atoms with Gasteiger partial charge in [0.15, 0.2) is 0 Å². The maximum atomic E-state index is 11.1. The molecule has 0 spiro atoms. The zero-order chi connectivity index (χ0) is 10.7. The SMILES string of the molecule is O=C(CI)Nc1c(Cl)cc(Cl)cc1Cl. The van der Waals surface area contributed by atoms with Crippen LogP contribution in [-0.2, 0) is 4.79 Å². The van der Waals surface area contributed by atoms with E-state index in [-0.39, 0.29) is 5.91 Å². The van der Waals surface area contributed by atoms with Gasteiger partial charge in [-0.1, -0.05) is 57.4 Å². The van der Waals surface area contributed by atoms with Crippen LogP contribution in [0.15, 0.2) is 12.1 Å². The van der Waals surface area contributed by atoms with E-state index in [1.54, 1.807) is 0 Å². The second-order valence-corrected chi connectivity index (χ2v) is 4.44. The zero-order valence-electron chi connectivity index (χ0n) is 6.78. The maximum absolute atomic E-state index is 11.1. The summed E-state index contributed by atoms with van der Waals surface area (Å²) in [6, 6.07) is 3.05. The topological polar surface area (TPSA) is 29.1 Å². The fourth-order valence-electron chi connectivity index (χ4n) is 0.834. The Bertz CT molecular complexity index is 347. The number of alkyl halides is 1. The van der Waals surface area contributed by atoms with Crippen LogP contribution in [0.5, 0.6) is 0 Å². The first-order valence-corrected chi connectivity index (χ1v) is 6.21. The van der Waals surface area contributed by atoms with Crippen molar-refractivity contribution in [3.05, 3.63) is 27.2 Å². The van der Waals surface area contributed by atoms with E-state index >= 15 is 0 Å². The molecule has 0 aliphatic rings. The number of hydrogen-bond donors (Lipinski definition) is 1. The van der Waals surface area contributed by atoms with E-state index in [0.717, 1.165) is 0 Å². The summed E-state index contributed by atoms with van der Waals surface area (Å²) in [5.41, 5.74) is 0.402. The maximum Gasteiger partial charge on any atom is 0.234 e. The molecule has 1 amide bonds. The van der Waals surface area contributed by atoms with Gasteiger partial charge in [-0.25, -0.2) is 0 Å². The minimum absolute atomic E-state index is 0.156. The smallest absolute Gasteiger partial charge is 0.234 e. The third-order valence-corrected chi connectivity index (χ3v) is 2.90. The van der Waals surface area contributed by atoms with Gasteiger partial charge in [0.05, 0.1) is 20.2 Å². The number of amides is 1. The molecule has 0 unspecified atom stereocenters. The summed E-state index contributed by atoms with van der Waals surface area (Å²) in [4.78, 5) is 11.1. The Morgan fingerprint density at radius 2 is 1.79 bits per heavy atom. The lowest BCUT2D eigenvalue weighted by Gasteiger charge is -2.08. The standard InChI is InChI=1S/C8H5Cl3INO/c9-4-1-5(10)8(6(11)2-4)13-7(14)3-12/h1-2H,3H2,(H,13,14). The van der Waals surface area contributed by atoms with Gasteiger partial charge in [0, 0.05) is 5.02 Å². The predicted octanol–water partition coefficient (Wildman–Crippen LogP) is 4.02. The Morgan fingerprint density at radius 3 is 2.21 bits per heavy atom. The number of hydrogen-bond acceptors (Lipinski definition) is 1. The summed E-state index contributed by atoms with van der Waals surface area (Å²) >= 11 is 19.4. The number of halogens is 4. The van der Waals surface area contributed by atoms with Gasteiger partial charge in [-0.3, -0.25) is 4.79 Å². The largest absolute Gasteiger partial charge is 0.323 e. The van der Waals surface area contributed by atoms with E-state index in [1.807, 2.05) is 22.6 Å². The first-order valence-electron chi connectivity index (χ1n) is 3.55. The molecule has 0 atom stereocenters. The van der Waals surface area contributed by atoms with Crippen molar-refractivity contribution in [2.45, 2.75) is 0 Å². The molecule has 0 aromatic heterocycles. The summed E-state index contributed by atoms with van der Waals surface area (Å²) in [6.45, 7) is 0. The third kappa shape index (κ3) is 3.15. The number of nitrogens with one attached hydrogen (secondary N) is 1. The molecule has 76 valence electrons. The third-order valence-electron chi connectivity index (χ3n) is 1.39. The lowest BCUT2D eigenvalue weighted by atomic mass is 10.3. The van der Waals surface area contributed by atoms with Gasteiger partial charge in [-0.05, 0) is 12.1 Å². The van der Waals surface area contributed by atoms with Crippen LogP contribution in [0.1, 0.15) is 0 Å². The molecule has 2 nitrogen and oxygen atoms in total. The van der Waals surface area contributed by atoms with Crippen LogP contribution in [-0.4, -0.2) is 10.3 Å². The van der Waals surface area contributed by atoms with Crippen molar-refractivity contribution in [3.8, 4) is 0 Å². The zero-order valence-corrected chi connectivity index (χ0v) is 11.2. The van der Waals surface area contributed by atoms with E-state index < -0.39 is 0 Å². The van der Waals surface area contributed by atoms with Crippen LogP contribution >= 0.6 is 57.4 Å². The molecular formula is C8H5Cl3INO. The van der Waals surface area contributed by atoms with Crippen molar-refractivity contribution >= 4 is 69.0 Å². The molecule has 0 saturated heterocycles. The molecule has 14 heavy (non-hydrogen) atoms. The first kappa shape index (κ1) is 12.4. The molecule has 0 aliphatic carbocycles. The van der Waals surface area contributed by atoms with Crippen LogP contribution in [0.4, 0.5) is 5.69 Å². The van der Waals surface area contributed by atoms with Gasteiger partial charge in [0.25, 0.3) is 0 Å². The molecule has 1 aromatic carbocycles. The minimum atomic E-state index is -0.156. The van der Waals surface area contributed by atoms with Crippen molar-refractivity contribution in [2.75, 3.05) is 9.74 Å². The second-order valence-electron chi connectivity index (χ2n) is 2.43. The number of anilines is 1. The highest BCUT2D eigenvalue weighted by molar-refractivity contribution is 14.1. The fourth-order valence-corrected chi connectivity index (χ4v) is 1.94. The molecule has 1 N–H and O–H groups in total. The summed E-state index contributed by atoms with van der Waals surface area (Å²) in [7, 11) is 0. The number of rotatable bonds is 2. The molecular weight excluding hydrogens is 359 g/mol. The second kappa shape index (κ2) is 5.39. The lowest BCUT2D eigenvalue weighted by Crippen LogP contribution is -2.12. The Labute approximate surface area is 110 Å². The Balaban J connectivity index is 3.02. The van der Waals surface area contributed by atoms with Gasteiger partial charge < -0.3 is 5.32 Å². The molecule has 0 aliphatic heterocycles. The highest BCUT2D eigenvalue weighted by atomic mass is 127. The highest BCUT2D eigenvalue weighted by Crippen LogP contribution is 2.33. The van der Waals surface area contributed by atoms with Crippen LogP contribution < -0.4 is 5.32 Å². The molecule has 1 rings (SSSR count). The minimum Gasteiger partial charge on any atom is -0.323 e.